The molecule has 0 saturated carbocycles. The molecule has 2 aromatic rings. The summed E-state index contributed by atoms with van der Waals surface area (Å²) < 4.78 is 0. The molecule has 2 nitrogen and oxygen atoms in total. The molecule has 0 amide bonds. The Bertz CT molecular complexity index is 552. The number of rotatable bonds is 0. The van der Waals surface area contributed by atoms with E-state index in [4.69, 9.17) is 11.6 Å². The molecule has 3 rings (SSSR count). The van der Waals surface area contributed by atoms with E-state index in [0.29, 0.717) is 0 Å². The summed E-state index contributed by atoms with van der Waals surface area (Å²) in [6.07, 6.45) is 0. The molecule has 1 aliphatic heterocycles. The molecule has 2 aromatic carbocycles. The van der Waals surface area contributed by atoms with Crippen molar-refractivity contribution in [3.63, 3.8) is 0 Å². The highest BCUT2D eigenvalue weighted by Gasteiger charge is 2.09. The SMILES string of the molecule is Clc1ccc2c(c1)NCc1ccccc1CN2. The minimum Gasteiger partial charge on any atom is -0.379 e. The third-order valence-electron chi connectivity index (χ3n) is 3.04. The van der Waals surface area contributed by atoms with E-state index >= 15 is 0 Å². The summed E-state index contributed by atoms with van der Waals surface area (Å²) in [4.78, 5) is 0. The summed E-state index contributed by atoms with van der Waals surface area (Å²) in [6.45, 7) is 1.69. The molecule has 0 radical (unpaired) electrons. The minimum atomic E-state index is 0.756. The predicted octanol–water partition coefficient (Wildman–Crippen LogP) is 3.88. The molecule has 1 heterocycles. The van der Waals surface area contributed by atoms with Gasteiger partial charge in [0.15, 0.2) is 0 Å². The molecule has 86 valence electrons. The Morgan fingerprint density at radius 3 is 2.18 bits per heavy atom. The average molecular weight is 245 g/mol. The highest BCUT2D eigenvalue weighted by atomic mass is 35.5. The number of fused-ring (bicyclic) bond motifs is 2. The van der Waals surface area contributed by atoms with E-state index in [1.54, 1.807) is 0 Å². The molecule has 0 spiro atoms. The Balaban J connectivity index is 1.97. The van der Waals surface area contributed by atoms with Gasteiger partial charge in [0.25, 0.3) is 0 Å². The Kier molecular flexibility index (Phi) is 2.65. The Morgan fingerprint density at radius 2 is 1.47 bits per heavy atom. The van der Waals surface area contributed by atoms with Crippen LogP contribution >= 0.6 is 11.6 Å². The van der Waals surface area contributed by atoms with Gasteiger partial charge in [-0.3, -0.25) is 0 Å². The maximum Gasteiger partial charge on any atom is 0.0593 e. The fourth-order valence-electron chi connectivity index (χ4n) is 2.10. The molecular weight excluding hydrogens is 232 g/mol. The van der Waals surface area contributed by atoms with Crippen molar-refractivity contribution in [2.45, 2.75) is 13.1 Å². The summed E-state index contributed by atoms with van der Waals surface area (Å²) >= 11 is 6.00. The maximum absolute atomic E-state index is 6.00. The molecular formula is C14H13ClN2. The van der Waals surface area contributed by atoms with Gasteiger partial charge in [-0.15, -0.1) is 0 Å². The average Bonchev–Trinajstić information content (AvgIpc) is 2.33. The van der Waals surface area contributed by atoms with E-state index in [1.807, 2.05) is 18.2 Å². The van der Waals surface area contributed by atoms with Gasteiger partial charge in [-0.05, 0) is 29.3 Å². The fraction of sp³-hybridized carbons (Fsp3) is 0.143. The van der Waals surface area contributed by atoms with Gasteiger partial charge in [0, 0.05) is 18.1 Å². The monoisotopic (exact) mass is 244 g/mol. The van der Waals surface area contributed by atoms with Crippen molar-refractivity contribution in [2.75, 3.05) is 10.6 Å². The first-order chi connectivity index (χ1) is 8.33. The largest absolute Gasteiger partial charge is 0.379 e. The second-order valence-corrected chi connectivity index (χ2v) is 4.60. The van der Waals surface area contributed by atoms with Crippen molar-refractivity contribution in [3.8, 4) is 0 Å². The number of anilines is 2. The van der Waals surface area contributed by atoms with E-state index in [9.17, 15) is 0 Å². The first kappa shape index (κ1) is 10.5. The fourth-order valence-corrected chi connectivity index (χ4v) is 2.27. The zero-order valence-electron chi connectivity index (χ0n) is 9.33. The normalized spacial score (nSPS) is 13.5. The maximum atomic E-state index is 6.00. The van der Waals surface area contributed by atoms with Gasteiger partial charge in [-0.25, -0.2) is 0 Å². The summed E-state index contributed by atoms with van der Waals surface area (Å²) in [7, 11) is 0. The van der Waals surface area contributed by atoms with Gasteiger partial charge in [0.1, 0.15) is 0 Å². The van der Waals surface area contributed by atoms with Crippen LogP contribution in [-0.4, -0.2) is 0 Å². The lowest BCUT2D eigenvalue weighted by molar-refractivity contribution is 1.03. The summed E-state index contributed by atoms with van der Waals surface area (Å²) in [5.74, 6) is 0. The highest BCUT2D eigenvalue weighted by molar-refractivity contribution is 6.31. The summed E-state index contributed by atoms with van der Waals surface area (Å²) in [5.41, 5.74) is 4.82. The second-order valence-electron chi connectivity index (χ2n) is 4.17. The lowest BCUT2D eigenvalue weighted by atomic mass is 10.1. The van der Waals surface area contributed by atoms with Gasteiger partial charge in [0.05, 0.1) is 11.4 Å². The van der Waals surface area contributed by atoms with Crippen molar-refractivity contribution < 1.29 is 0 Å². The smallest absolute Gasteiger partial charge is 0.0593 e. The van der Waals surface area contributed by atoms with Crippen molar-refractivity contribution in [3.05, 3.63) is 58.6 Å². The third kappa shape index (κ3) is 2.08. The van der Waals surface area contributed by atoms with Crippen LogP contribution in [0.2, 0.25) is 5.02 Å². The number of nitrogens with one attached hydrogen (secondary N) is 2. The predicted molar refractivity (Wildman–Crippen MR) is 72.5 cm³/mol. The number of hydrogen-bond donors (Lipinski definition) is 2. The van der Waals surface area contributed by atoms with Crippen LogP contribution in [-0.2, 0) is 13.1 Å². The molecule has 2 N–H and O–H groups in total. The van der Waals surface area contributed by atoms with E-state index in [2.05, 4.69) is 34.9 Å². The van der Waals surface area contributed by atoms with Crippen LogP contribution in [0.25, 0.3) is 0 Å². The van der Waals surface area contributed by atoms with Crippen LogP contribution in [0.3, 0.4) is 0 Å². The molecule has 0 bridgehead atoms. The standard InChI is InChI=1S/C14H13ClN2/c15-12-5-6-13-14(7-12)17-9-11-4-2-1-3-10(11)8-16-13/h1-7,16-17H,8-9H2. The molecule has 0 atom stereocenters. The van der Waals surface area contributed by atoms with Gasteiger partial charge in [-0.2, -0.15) is 0 Å². The third-order valence-corrected chi connectivity index (χ3v) is 3.27. The van der Waals surface area contributed by atoms with Crippen molar-refractivity contribution >= 4 is 23.0 Å². The highest BCUT2D eigenvalue weighted by Crippen LogP contribution is 2.28. The van der Waals surface area contributed by atoms with Gasteiger partial charge < -0.3 is 10.6 Å². The van der Waals surface area contributed by atoms with Gasteiger partial charge >= 0.3 is 0 Å². The molecule has 3 heteroatoms. The van der Waals surface area contributed by atoms with Crippen LogP contribution in [0.1, 0.15) is 11.1 Å². The minimum absolute atomic E-state index is 0.756. The zero-order chi connectivity index (χ0) is 11.7. The molecule has 0 saturated heterocycles. The van der Waals surface area contributed by atoms with Crippen molar-refractivity contribution in [1.82, 2.24) is 0 Å². The first-order valence-electron chi connectivity index (χ1n) is 5.67. The Hall–Kier alpha value is -1.67. The molecule has 1 aliphatic rings. The number of hydrogen-bond acceptors (Lipinski definition) is 2. The topological polar surface area (TPSA) is 24.1 Å². The van der Waals surface area contributed by atoms with Crippen LogP contribution in [0.4, 0.5) is 11.4 Å². The van der Waals surface area contributed by atoms with Gasteiger partial charge in [-0.1, -0.05) is 35.9 Å². The summed E-state index contributed by atoms with van der Waals surface area (Å²) in [5, 5.41) is 7.60. The quantitative estimate of drug-likeness (QED) is 0.735. The zero-order valence-corrected chi connectivity index (χ0v) is 10.1. The molecule has 0 fully saturated rings. The Morgan fingerprint density at radius 1 is 0.824 bits per heavy atom. The van der Waals surface area contributed by atoms with E-state index in [0.717, 1.165) is 29.5 Å². The van der Waals surface area contributed by atoms with Crippen molar-refractivity contribution in [1.29, 1.82) is 0 Å². The van der Waals surface area contributed by atoms with Crippen molar-refractivity contribution in [2.24, 2.45) is 0 Å². The van der Waals surface area contributed by atoms with Crippen LogP contribution in [0.5, 0.6) is 0 Å². The molecule has 0 aliphatic carbocycles. The number of halogens is 1. The van der Waals surface area contributed by atoms with Crippen LogP contribution in [0.15, 0.2) is 42.5 Å². The molecule has 17 heavy (non-hydrogen) atoms. The molecule has 0 aromatic heterocycles. The van der Waals surface area contributed by atoms with Gasteiger partial charge in [0.2, 0.25) is 0 Å². The summed E-state index contributed by atoms with van der Waals surface area (Å²) in [6, 6.07) is 14.3. The second kappa shape index (κ2) is 4.30. The number of benzene rings is 2. The lowest BCUT2D eigenvalue weighted by Crippen LogP contribution is -2.12. The molecule has 0 unspecified atom stereocenters. The Labute approximate surface area is 106 Å². The van der Waals surface area contributed by atoms with E-state index in [-0.39, 0.29) is 0 Å². The van der Waals surface area contributed by atoms with Crippen LogP contribution in [0, 0.1) is 0 Å². The van der Waals surface area contributed by atoms with E-state index in [1.165, 1.54) is 11.1 Å². The first-order valence-corrected chi connectivity index (χ1v) is 6.05. The van der Waals surface area contributed by atoms with E-state index < -0.39 is 0 Å². The van der Waals surface area contributed by atoms with Crippen LogP contribution < -0.4 is 10.6 Å². The lowest BCUT2D eigenvalue weighted by Gasteiger charge is -2.20.